The molecule has 1 N–H and O–H groups in total. The highest BCUT2D eigenvalue weighted by molar-refractivity contribution is 6.31. The minimum Gasteiger partial charge on any atom is -0.406 e. The van der Waals surface area contributed by atoms with E-state index in [-0.39, 0.29) is 11.3 Å². The van der Waals surface area contributed by atoms with Gasteiger partial charge in [0.2, 0.25) is 0 Å². The van der Waals surface area contributed by atoms with Crippen molar-refractivity contribution in [3.8, 4) is 5.75 Å². The number of benzene rings is 2. The molecule has 2 aromatic rings. The van der Waals surface area contributed by atoms with E-state index < -0.39 is 12.5 Å². The first-order valence-electron chi connectivity index (χ1n) is 6.06. The maximum absolute atomic E-state index is 12.2. The van der Waals surface area contributed by atoms with Crippen LogP contribution in [0.3, 0.4) is 0 Å². The van der Waals surface area contributed by atoms with Gasteiger partial charge in [0.25, 0.3) is 0 Å². The summed E-state index contributed by atoms with van der Waals surface area (Å²) in [5.41, 5.74) is 1.61. The lowest BCUT2D eigenvalue weighted by molar-refractivity contribution is -0.274. The van der Waals surface area contributed by atoms with E-state index in [1.165, 1.54) is 18.2 Å². The molecule has 0 aromatic heterocycles. The van der Waals surface area contributed by atoms with Crippen molar-refractivity contribution in [3.05, 3.63) is 64.2 Å². The number of aryl methyl sites for hydroxylation is 1. The molecule has 1 atom stereocenters. The van der Waals surface area contributed by atoms with Crippen LogP contribution in [0, 0.1) is 6.92 Å². The van der Waals surface area contributed by atoms with E-state index in [2.05, 4.69) is 4.74 Å². The van der Waals surface area contributed by atoms with Crippen molar-refractivity contribution in [1.82, 2.24) is 0 Å². The highest BCUT2D eigenvalue weighted by atomic mass is 35.5. The van der Waals surface area contributed by atoms with Gasteiger partial charge in [0, 0.05) is 10.6 Å². The molecule has 21 heavy (non-hydrogen) atoms. The van der Waals surface area contributed by atoms with Crippen molar-refractivity contribution in [1.29, 1.82) is 0 Å². The molecular formula is C15H12ClF3O2. The molecule has 0 saturated heterocycles. The zero-order valence-corrected chi connectivity index (χ0v) is 11.7. The van der Waals surface area contributed by atoms with Gasteiger partial charge in [-0.1, -0.05) is 35.9 Å². The quantitative estimate of drug-likeness (QED) is 0.894. The Morgan fingerprint density at radius 2 is 1.86 bits per heavy atom. The highest BCUT2D eigenvalue weighted by Gasteiger charge is 2.31. The standard InChI is InChI=1S/C15H12ClF3O2/c1-9-5-6-12(13(16)7-9)14(20)10-3-2-4-11(8-10)21-15(17,18)19/h2-8,14,20H,1H3. The molecule has 0 aliphatic heterocycles. The zero-order chi connectivity index (χ0) is 15.6. The van der Waals surface area contributed by atoms with E-state index in [0.29, 0.717) is 10.6 Å². The summed E-state index contributed by atoms with van der Waals surface area (Å²) in [5.74, 6) is -0.387. The normalized spacial score (nSPS) is 13.0. The number of hydrogen-bond donors (Lipinski definition) is 1. The van der Waals surface area contributed by atoms with Gasteiger partial charge in [0.05, 0.1) is 0 Å². The third-order valence-corrected chi connectivity index (χ3v) is 3.19. The molecule has 0 aliphatic rings. The monoisotopic (exact) mass is 316 g/mol. The van der Waals surface area contributed by atoms with E-state index in [9.17, 15) is 18.3 Å². The molecule has 2 rings (SSSR count). The van der Waals surface area contributed by atoms with Gasteiger partial charge in [-0.25, -0.2) is 0 Å². The average molecular weight is 317 g/mol. The highest BCUT2D eigenvalue weighted by Crippen LogP contribution is 2.31. The summed E-state index contributed by atoms with van der Waals surface area (Å²) in [6.45, 7) is 1.85. The molecule has 0 aliphatic carbocycles. The van der Waals surface area contributed by atoms with E-state index in [4.69, 9.17) is 11.6 Å². The fraction of sp³-hybridized carbons (Fsp3) is 0.200. The van der Waals surface area contributed by atoms with Gasteiger partial charge in [-0.3, -0.25) is 0 Å². The van der Waals surface area contributed by atoms with Crippen LogP contribution >= 0.6 is 11.6 Å². The number of hydrogen-bond acceptors (Lipinski definition) is 2. The second-order valence-corrected chi connectivity index (χ2v) is 4.95. The summed E-state index contributed by atoms with van der Waals surface area (Å²) in [5, 5.41) is 10.6. The van der Waals surface area contributed by atoms with E-state index >= 15 is 0 Å². The van der Waals surface area contributed by atoms with Gasteiger partial charge < -0.3 is 9.84 Å². The molecular weight excluding hydrogens is 305 g/mol. The Bertz CT molecular complexity index is 641. The maximum Gasteiger partial charge on any atom is 0.573 e. The molecule has 0 saturated carbocycles. The summed E-state index contributed by atoms with van der Waals surface area (Å²) in [4.78, 5) is 0. The predicted molar refractivity (Wildman–Crippen MR) is 73.4 cm³/mol. The number of rotatable bonds is 3. The van der Waals surface area contributed by atoms with Crippen molar-refractivity contribution in [3.63, 3.8) is 0 Å². The fourth-order valence-electron chi connectivity index (χ4n) is 1.92. The first-order valence-corrected chi connectivity index (χ1v) is 6.44. The lowest BCUT2D eigenvalue weighted by atomic mass is 10.0. The minimum absolute atomic E-state index is 0.266. The van der Waals surface area contributed by atoms with Crippen molar-refractivity contribution in [2.45, 2.75) is 19.4 Å². The average Bonchev–Trinajstić information content (AvgIpc) is 2.36. The van der Waals surface area contributed by atoms with E-state index in [1.54, 1.807) is 18.2 Å². The summed E-state index contributed by atoms with van der Waals surface area (Å²) < 4.78 is 40.4. The van der Waals surface area contributed by atoms with Crippen molar-refractivity contribution in [2.24, 2.45) is 0 Å². The number of alkyl halides is 3. The van der Waals surface area contributed by atoms with Gasteiger partial charge in [0.1, 0.15) is 11.9 Å². The van der Waals surface area contributed by atoms with Crippen LogP contribution in [0.2, 0.25) is 5.02 Å². The van der Waals surface area contributed by atoms with Crippen molar-refractivity contribution in [2.75, 3.05) is 0 Å². The molecule has 1 unspecified atom stereocenters. The minimum atomic E-state index is -4.77. The predicted octanol–water partition coefficient (Wildman–Crippen LogP) is 4.63. The Kier molecular flexibility index (Phi) is 4.44. The lowest BCUT2D eigenvalue weighted by Crippen LogP contribution is -2.17. The Balaban J connectivity index is 2.31. The maximum atomic E-state index is 12.2. The first-order chi connectivity index (χ1) is 9.76. The van der Waals surface area contributed by atoms with Crippen molar-refractivity contribution < 1.29 is 23.0 Å². The van der Waals surface area contributed by atoms with E-state index in [0.717, 1.165) is 11.6 Å². The number of halogens is 4. The van der Waals surface area contributed by atoms with Gasteiger partial charge in [-0.2, -0.15) is 0 Å². The molecule has 2 nitrogen and oxygen atoms in total. The largest absolute Gasteiger partial charge is 0.573 e. The molecule has 2 aromatic carbocycles. The molecule has 0 fully saturated rings. The molecule has 112 valence electrons. The lowest BCUT2D eigenvalue weighted by Gasteiger charge is -2.15. The SMILES string of the molecule is Cc1ccc(C(O)c2cccc(OC(F)(F)F)c2)c(Cl)c1. The van der Waals surface area contributed by atoms with Crippen LogP contribution in [-0.2, 0) is 0 Å². The van der Waals surface area contributed by atoms with Crippen LogP contribution in [-0.4, -0.2) is 11.5 Å². The third kappa shape index (κ3) is 4.12. The van der Waals surface area contributed by atoms with Gasteiger partial charge >= 0.3 is 6.36 Å². The molecule has 0 amide bonds. The second kappa shape index (κ2) is 5.95. The fourth-order valence-corrected chi connectivity index (χ4v) is 2.25. The Morgan fingerprint density at radius 1 is 1.14 bits per heavy atom. The summed E-state index contributed by atoms with van der Waals surface area (Å²) in [7, 11) is 0. The van der Waals surface area contributed by atoms with Crippen molar-refractivity contribution >= 4 is 11.6 Å². The first kappa shape index (κ1) is 15.7. The van der Waals surface area contributed by atoms with Crippen LogP contribution in [0.15, 0.2) is 42.5 Å². The smallest absolute Gasteiger partial charge is 0.406 e. The summed E-state index contributed by atoms with van der Waals surface area (Å²) >= 11 is 6.05. The topological polar surface area (TPSA) is 29.5 Å². The van der Waals surface area contributed by atoms with Gasteiger partial charge in [-0.05, 0) is 36.2 Å². The Morgan fingerprint density at radius 3 is 2.48 bits per heavy atom. The number of ether oxygens (including phenoxy) is 1. The van der Waals surface area contributed by atoms with Crippen LogP contribution < -0.4 is 4.74 Å². The Hall–Kier alpha value is -1.72. The van der Waals surface area contributed by atoms with Gasteiger partial charge in [0.15, 0.2) is 0 Å². The Labute approximate surface area is 124 Å². The van der Waals surface area contributed by atoms with Crippen LogP contribution in [0.4, 0.5) is 13.2 Å². The molecule has 6 heteroatoms. The molecule has 0 spiro atoms. The molecule has 0 heterocycles. The summed E-state index contributed by atoms with van der Waals surface area (Å²) in [6, 6.07) is 10.3. The molecule has 0 bridgehead atoms. The van der Waals surface area contributed by atoms with Gasteiger partial charge in [-0.15, -0.1) is 13.2 Å². The van der Waals surface area contributed by atoms with Crippen LogP contribution in [0.5, 0.6) is 5.75 Å². The third-order valence-electron chi connectivity index (χ3n) is 2.86. The van der Waals surface area contributed by atoms with Crippen LogP contribution in [0.25, 0.3) is 0 Å². The zero-order valence-electron chi connectivity index (χ0n) is 11.0. The summed E-state index contributed by atoms with van der Waals surface area (Å²) in [6.07, 6.45) is -5.90. The van der Waals surface area contributed by atoms with E-state index in [1.807, 2.05) is 6.92 Å². The molecule has 0 radical (unpaired) electrons. The number of aliphatic hydroxyl groups excluding tert-OH is 1. The van der Waals surface area contributed by atoms with Crippen LogP contribution in [0.1, 0.15) is 22.8 Å². The second-order valence-electron chi connectivity index (χ2n) is 4.55. The number of aliphatic hydroxyl groups is 1.